The van der Waals surface area contributed by atoms with E-state index in [9.17, 15) is 14.0 Å². The number of fused-ring (bicyclic) bond motifs is 1. The van der Waals surface area contributed by atoms with Crippen molar-refractivity contribution in [2.75, 3.05) is 6.61 Å². The Morgan fingerprint density at radius 3 is 2.62 bits per heavy atom. The molecule has 0 spiro atoms. The highest BCUT2D eigenvalue weighted by Crippen LogP contribution is 2.30. The number of amides is 2. The molecule has 0 fully saturated rings. The number of nitrogens with one attached hydrogen (secondary N) is 2. The fraction of sp³-hybridized carbons (Fsp3) is 0.125. The summed E-state index contributed by atoms with van der Waals surface area (Å²) in [4.78, 5) is 24.0. The molecular weight excluding hydrogens is 383 g/mol. The van der Waals surface area contributed by atoms with Gasteiger partial charge in [0.25, 0.3) is 11.8 Å². The highest BCUT2D eigenvalue weighted by molar-refractivity contribution is 9.10. The predicted molar refractivity (Wildman–Crippen MR) is 86.1 cm³/mol. The normalized spacial score (nSPS) is 15.5. The molecule has 6 nitrogen and oxygen atoms in total. The Bertz CT molecular complexity index is 799. The van der Waals surface area contributed by atoms with Gasteiger partial charge in [-0.3, -0.25) is 20.4 Å². The highest BCUT2D eigenvalue weighted by atomic mass is 79.9. The minimum atomic E-state index is -0.921. The van der Waals surface area contributed by atoms with Gasteiger partial charge in [0.1, 0.15) is 12.4 Å². The molecule has 8 heteroatoms. The number of halogens is 2. The fourth-order valence-corrected chi connectivity index (χ4v) is 2.42. The summed E-state index contributed by atoms with van der Waals surface area (Å²) in [7, 11) is 0. The molecule has 0 saturated carbocycles. The molecule has 1 atom stereocenters. The maximum atomic E-state index is 13.7. The second-order valence-corrected chi connectivity index (χ2v) is 5.85. The van der Waals surface area contributed by atoms with Crippen LogP contribution >= 0.6 is 15.9 Å². The molecule has 0 aromatic heterocycles. The average molecular weight is 395 g/mol. The van der Waals surface area contributed by atoms with Crippen LogP contribution in [0.25, 0.3) is 0 Å². The monoisotopic (exact) mass is 394 g/mol. The van der Waals surface area contributed by atoms with Crippen LogP contribution in [0.1, 0.15) is 10.4 Å². The van der Waals surface area contributed by atoms with Gasteiger partial charge in [0.15, 0.2) is 11.5 Å². The number of ether oxygens (including phenoxy) is 2. The summed E-state index contributed by atoms with van der Waals surface area (Å²) >= 11 is 3.10. The minimum absolute atomic E-state index is 0.00532. The van der Waals surface area contributed by atoms with Crippen LogP contribution in [0.5, 0.6) is 11.5 Å². The summed E-state index contributed by atoms with van der Waals surface area (Å²) in [5.74, 6) is -1.10. The lowest BCUT2D eigenvalue weighted by Crippen LogP contribution is -2.51. The molecule has 1 heterocycles. The third-order valence-electron chi connectivity index (χ3n) is 3.28. The van der Waals surface area contributed by atoms with Crippen LogP contribution in [0.4, 0.5) is 4.39 Å². The van der Waals surface area contributed by atoms with Gasteiger partial charge in [-0.1, -0.05) is 28.1 Å². The second-order valence-electron chi connectivity index (χ2n) is 4.93. The quantitative estimate of drug-likeness (QED) is 0.765. The van der Waals surface area contributed by atoms with E-state index in [0.29, 0.717) is 16.0 Å². The summed E-state index contributed by atoms with van der Waals surface area (Å²) in [6.45, 7) is 0.00532. The molecule has 2 aromatic carbocycles. The number of hydrazine groups is 1. The van der Waals surface area contributed by atoms with Gasteiger partial charge in [-0.15, -0.1) is 0 Å². The predicted octanol–water partition coefficient (Wildman–Crippen LogP) is 2.19. The summed E-state index contributed by atoms with van der Waals surface area (Å²) in [6, 6.07) is 10.9. The topological polar surface area (TPSA) is 76.7 Å². The van der Waals surface area contributed by atoms with Crippen LogP contribution < -0.4 is 20.3 Å². The third kappa shape index (κ3) is 3.48. The van der Waals surface area contributed by atoms with E-state index in [-0.39, 0.29) is 12.2 Å². The van der Waals surface area contributed by atoms with E-state index in [4.69, 9.17) is 9.47 Å². The standard InChI is InChI=1S/C16H12BrFN2O4/c17-9-5-6-10(11(18)7-9)15(21)19-20-16(22)14-8-23-12-3-1-2-4-13(12)24-14/h1-7,14H,8H2,(H,19,21)(H,20,22). The number of para-hydroxylation sites is 2. The largest absolute Gasteiger partial charge is 0.485 e. The molecule has 0 radical (unpaired) electrons. The van der Waals surface area contributed by atoms with Crippen LogP contribution in [0.2, 0.25) is 0 Å². The lowest BCUT2D eigenvalue weighted by molar-refractivity contribution is -0.131. The Kier molecular flexibility index (Phi) is 4.66. The first-order valence-corrected chi connectivity index (χ1v) is 7.77. The average Bonchev–Trinajstić information content (AvgIpc) is 2.59. The van der Waals surface area contributed by atoms with Crippen molar-refractivity contribution < 1.29 is 23.5 Å². The highest BCUT2D eigenvalue weighted by Gasteiger charge is 2.27. The second kappa shape index (κ2) is 6.88. The van der Waals surface area contributed by atoms with Crippen molar-refractivity contribution in [3.8, 4) is 11.5 Å². The zero-order chi connectivity index (χ0) is 17.1. The number of benzene rings is 2. The lowest BCUT2D eigenvalue weighted by Gasteiger charge is -2.25. The Labute approximate surface area is 145 Å². The molecule has 24 heavy (non-hydrogen) atoms. The van der Waals surface area contributed by atoms with E-state index >= 15 is 0 Å². The first-order chi connectivity index (χ1) is 11.5. The summed E-state index contributed by atoms with van der Waals surface area (Å²) < 4.78 is 25.1. The van der Waals surface area contributed by atoms with Crippen molar-refractivity contribution in [1.29, 1.82) is 0 Å². The van der Waals surface area contributed by atoms with Crippen molar-refractivity contribution in [3.63, 3.8) is 0 Å². The van der Waals surface area contributed by atoms with Gasteiger partial charge >= 0.3 is 0 Å². The smallest absolute Gasteiger partial charge is 0.283 e. The van der Waals surface area contributed by atoms with Gasteiger partial charge in [0.2, 0.25) is 6.10 Å². The molecule has 1 aliphatic rings. The Morgan fingerprint density at radius 2 is 1.88 bits per heavy atom. The summed E-state index contributed by atoms with van der Waals surface area (Å²) in [6.07, 6.45) is -0.921. The lowest BCUT2D eigenvalue weighted by atomic mass is 10.2. The first kappa shape index (κ1) is 16.3. The van der Waals surface area contributed by atoms with Crippen LogP contribution in [0.3, 0.4) is 0 Å². The van der Waals surface area contributed by atoms with Crippen molar-refractivity contribution in [1.82, 2.24) is 10.9 Å². The summed E-state index contributed by atoms with van der Waals surface area (Å²) in [5.41, 5.74) is 4.16. The number of carbonyl (C=O) groups excluding carboxylic acids is 2. The minimum Gasteiger partial charge on any atom is -0.485 e. The van der Waals surface area contributed by atoms with E-state index in [1.165, 1.54) is 12.1 Å². The first-order valence-electron chi connectivity index (χ1n) is 6.98. The van der Waals surface area contributed by atoms with Crippen molar-refractivity contribution in [2.45, 2.75) is 6.10 Å². The van der Waals surface area contributed by atoms with Crippen LogP contribution in [0.15, 0.2) is 46.9 Å². The zero-order valence-electron chi connectivity index (χ0n) is 12.2. The van der Waals surface area contributed by atoms with E-state index in [1.807, 2.05) is 0 Å². The SMILES string of the molecule is O=C(NNC(=O)C1COc2ccccc2O1)c1ccc(Br)cc1F. The fourth-order valence-electron chi connectivity index (χ4n) is 2.09. The van der Waals surface area contributed by atoms with Gasteiger partial charge in [-0.2, -0.15) is 0 Å². The number of hydrogen-bond acceptors (Lipinski definition) is 4. The van der Waals surface area contributed by atoms with Crippen LogP contribution in [-0.2, 0) is 4.79 Å². The molecule has 1 unspecified atom stereocenters. The molecule has 0 saturated heterocycles. The number of rotatable bonds is 2. The summed E-state index contributed by atoms with van der Waals surface area (Å²) in [5, 5.41) is 0. The maximum absolute atomic E-state index is 13.7. The van der Waals surface area contributed by atoms with Crippen LogP contribution in [-0.4, -0.2) is 24.5 Å². The van der Waals surface area contributed by atoms with E-state index in [0.717, 1.165) is 6.07 Å². The molecule has 2 amide bonds. The van der Waals surface area contributed by atoms with E-state index in [1.54, 1.807) is 24.3 Å². The van der Waals surface area contributed by atoms with Gasteiger partial charge in [-0.05, 0) is 30.3 Å². The molecule has 0 bridgehead atoms. The third-order valence-corrected chi connectivity index (χ3v) is 3.77. The molecule has 2 N–H and O–H groups in total. The molecule has 0 aliphatic carbocycles. The number of hydrogen-bond donors (Lipinski definition) is 2. The van der Waals surface area contributed by atoms with Crippen LogP contribution in [0, 0.1) is 5.82 Å². The zero-order valence-corrected chi connectivity index (χ0v) is 13.8. The van der Waals surface area contributed by atoms with Gasteiger partial charge in [0.05, 0.1) is 5.56 Å². The Morgan fingerprint density at radius 1 is 1.12 bits per heavy atom. The Hall–Kier alpha value is -2.61. The van der Waals surface area contributed by atoms with Crippen molar-refractivity contribution >= 4 is 27.7 Å². The molecule has 2 aromatic rings. The van der Waals surface area contributed by atoms with Gasteiger partial charge < -0.3 is 9.47 Å². The Balaban J connectivity index is 1.59. The number of carbonyl (C=O) groups is 2. The van der Waals surface area contributed by atoms with E-state index < -0.39 is 23.7 Å². The van der Waals surface area contributed by atoms with Gasteiger partial charge in [0, 0.05) is 4.47 Å². The van der Waals surface area contributed by atoms with Crippen molar-refractivity contribution in [2.24, 2.45) is 0 Å². The molecule has 3 rings (SSSR count). The molecule has 1 aliphatic heterocycles. The maximum Gasteiger partial charge on any atom is 0.283 e. The van der Waals surface area contributed by atoms with Crippen molar-refractivity contribution in [3.05, 3.63) is 58.3 Å². The van der Waals surface area contributed by atoms with Gasteiger partial charge in [-0.25, -0.2) is 4.39 Å². The van der Waals surface area contributed by atoms with E-state index in [2.05, 4.69) is 26.8 Å². The molecular formula is C16H12BrFN2O4. The molecule has 124 valence electrons.